The average molecular weight is 441 g/mol. The van der Waals surface area contributed by atoms with Crippen LogP contribution in [0, 0.1) is 6.92 Å². The van der Waals surface area contributed by atoms with E-state index in [1.165, 1.54) is 4.31 Å². The third kappa shape index (κ3) is 3.78. The number of rotatable bonds is 6. The highest BCUT2D eigenvalue weighted by atomic mass is 35.5. The Morgan fingerprint density at radius 1 is 1.03 bits per heavy atom. The van der Waals surface area contributed by atoms with E-state index in [0.29, 0.717) is 28.6 Å². The number of fused-ring (bicyclic) bond motifs is 1. The van der Waals surface area contributed by atoms with E-state index in [-0.39, 0.29) is 11.4 Å². The Hall–Kier alpha value is -2.90. The van der Waals surface area contributed by atoms with E-state index >= 15 is 0 Å². The van der Waals surface area contributed by atoms with Gasteiger partial charge in [0.2, 0.25) is 0 Å². The van der Waals surface area contributed by atoms with E-state index in [2.05, 4.69) is 10.2 Å². The summed E-state index contributed by atoms with van der Waals surface area (Å²) in [5.74, 6) is 0.704. The number of benzene rings is 2. The van der Waals surface area contributed by atoms with Crippen LogP contribution in [0.2, 0.25) is 5.02 Å². The summed E-state index contributed by atoms with van der Waals surface area (Å²) >= 11 is 6.18. The van der Waals surface area contributed by atoms with Gasteiger partial charge in [-0.05, 0) is 42.8 Å². The monoisotopic (exact) mass is 440 g/mol. The minimum Gasteiger partial charge on any atom is -0.285 e. The molecule has 0 fully saturated rings. The summed E-state index contributed by atoms with van der Waals surface area (Å²) in [4.78, 5) is 0.102. The first-order chi connectivity index (χ1) is 14.4. The molecule has 2 aromatic carbocycles. The molecule has 0 N–H and O–H groups in total. The number of nitrogens with zero attached hydrogens (tertiary/aromatic N) is 4. The average Bonchev–Trinajstić information content (AvgIpc) is 3.15. The molecule has 4 aromatic rings. The third-order valence-electron chi connectivity index (χ3n) is 4.86. The van der Waals surface area contributed by atoms with E-state index in [0.717, 1.165) is 11.1 Å². The van der Waals surface area contributed by atoms with Crippen molar-refractivity contribution < 1.29 is 8.42 Å². The topological polar surface area (TPSA) is 67.6 Å². The summed E-state index contributed by atoms with van der Waals surface area (Å²) in [6.45, 7) is 4.10. The number of pyridine rings is 1. The van der Waals surface area contributed by atoms with Gasteiger partial charge in [-0.1, -0.05) is 54.4 Å². The van der Waals surface area contributed by atoms with Crippen molar-refractivity contribution in [2.45, 2.75) is 31.7 Å². The summed E-state index contributed by atoms with van der Waals surface area (Å²) in [5.41, 5.74) is 2.73. The van der Waals surface area contributed by atoms with Crippen molar-refractivity contribution in [3.05, 3.63) is 88.8 Å². The first-order valence-electron chi connectivity index (χ1n) is 9.56. The largest absolute Gasteiger partial charge is 0.285 e. The summed E-state index contributed by atoms with van der Waals surface area (Å²) in [6, 6.07) is 17.9. The Morgan fingerprint density at radius 3 is 2.57 bits per heavy atom. The molecule has 154 valence electrons. The van der Waals surface area contributed by atoms with Gasteiger partial charge in [-0.3, -0.25) is 8.71 Å². The third-order valence-corrected chi connectivity index (χ3v) is 6.89. The summed E-state index contributed by atoms with van der Waals surface area (Å²) in [6.07, 6.45) is 2.42. The lowest BCUT2D eigenvalue weighted by Gasteiger charge is -2.25. The van der Waals surface area contributed by atoms with Gasteiger partial charge >= 0.3 is 0 Å². The van der Waals surface area contributed by atoms with Gasteiger partial charge in [0.25, 0.3) is 10.0 Å². The lowest BCUT2D eigenvalue weighted by molar-refractivity contribution is 0.590. The number of anilines is 1. The highest BCUT2D eigenvalue weighted by Crippen LogP contribution is 2.30. The molecule has 0 saturated heterocycles. The Labute approximate surface area is 180 Å². The fourth-order valence-electron chi connectivity index (χ4n) is 3.42. The van der Waals surface area contributed by atoms with Gasteiger partial charge in [0.05, 0.1) is 12.2 Å². The zero-order valence-electron chi connectivity index (χ0n) is 16.7. The molecule has 30 heavy (non-hydrogen) atoms. The van der Waals surface area contributed by atoms with Crippen molar-refractivity contribution in [1.82, 2.24) is 14.6 Å². The SMILES string of the molecule is CCc1nnc2c(S(=O)(=O)N(Cc3cccc(C)c3)c3cccc(Cl)c3)cccn12. The van der Waals surface area contributed by atoms with Gasteiger partial charge in [0.15, 0.2) is 5.65 Å². The number of aromatic nitrogens is 3. The normalized spacial score (nSPS) is 11.7. The quantitative estimate of drug-likeness (QED) is 0.437. The van der Waals surface area contributed by atoms with Crippen molar-refractivity contribution >= 4 is 33.0 Å². The van der Waals surface area contributed by atoms with E-state index in [1.807, 2.05) is 38.1 Å². The molecule has 0 unspecified atom stereocenters. The van der Waals surface area contributed by atoms with Crippen molar-refractivity contribution in [3.8, 4) is 0 Å². The second-order valence-corrected chi connectivity index (χ2v) is 9.28. The maximum absolute atomic E-state index is 13.8. The highest BCUT2D eigenvalue weighted by molar-refractivity contribution is 7.93. The first-order valence-corrected chi connectivity index (χ1v) is 11.4. The zero-order chi connectivity index (χ0) is 21.3. The highest BCUT2D eigenvalue weighted by Gasteiger charge is 2.29. The zero-order valence-corrected chi connectivity index (χ0v) is 18.2. The van der Waals surface area contributed by atoms with E-state index in [9.17, 15) is 8.42 Å². The molecule has 6 nitrogen and oxygen atoms in total. The molecule has 0 amide bonds. The van der Waals surface area contributed by atoms with Crippen LogP contribution >= 0.6 is 11.6 Å². The Morgan fingerprint density at radius 2 is 1.83 bits per heavy atom. The lowest BCUT2D eigenvalue weighted by Crippen LogP contribution is -2.31. The summed E-state index contributed by atoms with van der Waals surface area (Å²) in [7, 11) is -3.95. The fourth-order valence-corrected chi connectivity index (χ4v) is 5.18. The summed E-state index contributed by atoms with van der Waals surface area (Å²) in [5, 5.41) is 8.75. The molecule has 0 aliphatic heterocycles. The Balaban J connectivity index is 1.88. The minimum atomic E-state index is -3.95. The van der Waals surface area contributed by atoms with Crippen LogP contribution in [-0.2, 0) is 23.0 Å². The van der Waals surface area contributed by atoms with Crippen LogP contribution in [0.25, 0.3) is 5.65 Å². The molecule has 0 saturated carbocycles. The molecular formula is C22H21ClN4O2S. The molecule has 0 bridgehead atoms. The van der Waals surface area contributed by atoms with Gasteiger partial charge in [0.1, 0.15) is 10.7 Å². The number of hydrogen-bond acceptors (Lipinski definition) is 4. The fraction of sp³-hybridized carbons (Fsp3) is 0.182. The molecule has 2 aromatic heterocycles. The van der Waals surface area contributed by atoms with E-state index < -0.39 is 10.0 Å². The lowest BCUT2D eigenvalue weighted by atomic mass is 10.1. The van der Waals surface area contributed by atoms with Gasteiger partial charge in [-0.2, -0.15) is 0 Å². The smallest absolute Gasteiger partial charge is 0.268 e. The second-order valence-electron chi connectivity index (χ2n) is 7.02. The number of hydrogen-bond donors (Lipinski definition) is 0. The van der Waals surface area contributed by atoms with E-state index in [1.54, 1.807) is 47.0 Å². The van der Waals surface area contributed by atoms with Crippen LogP contribution in [0.5, 0.6) is 0 Å². The molecular weight excluding hydrogens is 420 g/mol. The summed E-state index contributed by atoms with van der Waals surface area (Å²) < 4.78 is 30.8. The van der Waals surface area contributed by atoms with Gasteiger partial charge in [-0.25, -0.2) is 8.42 Å². The van der Waals surface area contributed by atoms with Crippen molar-refractivity contribution in [1.29, 1.82) is 0 Å². The van der Waals surface area contributed by atoms with Gasteiger partial charge in [-0.15, -0.1) is 10.2 Å². The molecule has 4 rings (SSSR count). The molecule has 0 radical (unpaired) electrons. The standard InChI is InChI=1S/C22H21ClN4O2S/c1-3-21-24-25-22-20(11-6-12-26(21)22)30(28,29)27(19-10-5-9-18(23)14-19)15-17-8-4-7-16(2)13-17/h4-14H,3,15H2,1-2H3. The second kappa shape index (κ2) is 8.08. The van der Waals surface area contributed by atoms with Crippen LogP contribution < -0.4 is 4.31 Å². The molecule has 0 atom stereocenters. The van der Waals surface area contributed by atoms with Gasteiger partial charge in [0, 0.05) is 17.6 Å². The molecule has 8 heteroatoms. The molecule has 0 spiro atoms. The van der Waals surface area contributed by atoms with Crippen LogP contribution in [-0.4, -0.2) is 23.0 Å². The maximum atomic E-state index is 13.8. The number of sulfonamides is 1. The maximum Gasteiger partial charge on any atom is 0.268 e. The minimum absolute atomic E-state index is 0.102. The van der Waals surface area contributed by atoms with Crippen molar-refractivity contribution in [3.63, 3.8) is 0 Å². The molecule has 0 aliphatic carbocycles. The first kappa shape index (κ1) is 20.4. The number of aryl methyl sites for hydroxylation is 2. The van der Waals surface area contributed by atoms with E-state index in [4.69, 9.17) is 11.6 Å². The molecule has 0 aliphatic rings. The Kier molecular flexibility index (Phi) is 5.49. The van der Waals surface area contributed by atoms with Crippen molar-refractivity contribution in [2.24, 2.45) is 0 Å². The predicted molar refractivity (Wildman–Crippen MR) is 118 cm³/mol. The number of halogens is 1. The van der Waals surface area contributed by atoms with Crippen LogP contribution in [0.3, 0.4) is 0 Å². The van der Waals surface area contributed by atoms with Gasteiger partial charge < -0.3 is 0 Å². The van der Waals surface area contributed by atoms with Crippen LogP contribution in [0.15, 0.2) is 71.8 Å². The Bertz CT molecular complexity index is 1320. The predicted octanol–water partition coefficient (Wildman–Crippen LogP) is 4.65. The van der Waals surface area contributed by atoms with Crippen molar-refractivity contribution in [2.75, 3.05) is 4.31 Å². The molecule has 2 heterocycles. The van der Waals surface area contributed by atoms with Crippen LogP contribution in [0.4, 0.5) is 5.69 Å². The van der Waals surface area contributed by atoms with Crippen LogP contribution in [0.1, 0.15) is 23.9 Å².